The second-order valence-corrected chi connectivity index (χ2v) is 5.44. The molecule has 1 aromatic carbocycles. The monoisotopic (exact) mass is 305 g/mol. The maximum atomic E-state index is 11.8. The van der Waals surface area contributed by atoms with Crippen molar-refractivity contribution in [2.75, 3.05) is 17.2 Å². The molecule has 0 aliphatic rings. The number of hydrogen-bond acceptors (Lipinski definition) is 5. The molecule has 0 saturated carbocycles. The van der Waals surface area contributed by atoms with Crippen LogP contribution in [0, 0.1) is 0 Å². The number of carbonyl (C=O) groups excluding carboxylic acids is 1. The first-order valence-corrected chi connectivity index (χ1v) is 7.65. The lowest BCUT2D eigenvalue weighted by atomic mass is 10.1. The average molecular weight is 305 g/mol. The normalized spacial score (nSPS) is 11.9. The lowest BCUT2D eigenvalue weighted by molar-refractivity contribution is 0.262. The molecular weight excluding hydrogens is 286 g/mol. The van der Waals surface area contributed by atoms with Crippen LogP contribution in [0.3, 0.4) is 0 Å². The van der Waals surface area contributed by atoms with Gasteiger partial charge >= 0.3 is 6.03 Å². The second-order valence-electron chi connectivity index (χ2n) is 4.66. The van der Waals surface area contributed by atoms with E-state index in [2.05, 4.69) is 39.4 Å². The van der Waals surface area contributed by atoms with Crippen molar-refractivity contribution in [3.05, 3.63) is 36.0 Å². The topological polar surface area (TPSA) is 78.9 Å². The van der Waals surface area contributed by atoms with Gasteiger partial charge in [-0.05, 0) is 37.6 Å². The molecule has 2 aromatic rings. The van der Waals surface area contributed by atoms with Crippen LogP contribution in [0.15, 0.2) is 30.5 Å². The molecule has 1 aromatic heterocycles. The SMILES string of the molecule is CCCNC(C)c1ccc(NC(=O)Nc2cnns2)cc1. The summed E-state index contributed by atoms with van der Waals surface area (Å²) < 4.78 is 3.68. The van der Waals surface area contributed by atoms with Crippen LogP contribution in [0.4, 0.5) is 15.5 Å². The number of hydrogen-bond donors (Lipinski definition) is 3. The van der Waals surface area contributed by atoms with E-state index in [1.54, 1.807) is 0 Å². The van der Waals surface area contributed by atoms with Gasteiger partial charge in [0.1, 0.15) is 5.00 Å². The van der Waals surface area contributed by atoms with E-state index in [1.807, 2.05) is 24.3 Å². The van der Waals surface area contributed by atoms with E-state index >= 15 is 0 Å². The van der Waals surface area contributed by atoms with Gasteiger partial charge in [0.25, 0.3) is 0 Å². The van der Waals surface area contributed by atoms with Gasteiger partial charge < -0.3 is 10.6 Å². The molecule has 2 rings (SSSR count). The molecule has 3 N–H and O–H groups in total. The highest BCUT2D eigenvalue weighted by Gasteiger charge is 2.06. The van der Waals surface area contributed by atoms with E-state index in [4.69, 9.17) is 0 Å². The van der Waals surface area contributed by atoms with Gasteiger partial charge in [0.2, 0.25) is 0 Å². The Balaban J connectivity index is 1.88. The molecule has 0 radical (unpaired) electrons. The van der Waals surface area contributed by atoms with Crippen LogP contribution in [-0.2, 0) is 0 Å². The number of nitrogens with zero attached hydrogens (tertiary/aromatic N) is 2. The standard InChI is InChI=1S/C14H19N5OS/c1-3-8-15-10(2)11-4-6-12(7-5-11)17-14(20)18-13-9-16-19-21-13/h4-7,9-10,15H,3,8H2,1-2H3,(H2,17,18,20). The van der Waals surface area contributed by atoms with Gasteiger partial charge in [-0.2, -0.15) is 0 Å². The Morgan fingerprint density at radius 2 is 2.05 bits per heavy atom. The number of benzene rings is 1. The number of urea groups is 1. The molecule has 1 heterocycles. The smallest absolute Gasteiger partial charge is 0.310 e. The number of nitrogens with one attached hydrogen (secondary N) is 3. The minimum atomic E-state index is -0.300. The van der Waals surface area contributed by atoms with Gasteiger partial charge in [0.05, 0.1) is 6.20 Å². The first-order valence-electron chi connectivity index (χ1n) is 6.87. The zero-order valence-electron chi connectivity index (χ0n) is 12.1. The number of amides is 2. The first-order chi connectivity index (χ1) is 10.2. The van der Waals surface area contributed by atoms with Gasteiger partial charge in [-0.1, -0.05) is 23.5 Å². The summed E-state index contributed by atoms with van der Waals surface area (Å²) in [7, 11) is 0. The van der Waals surface area contributed by atoms with Crippen LogP contribution in [0.5, 0.6) is 0 Å². The fraction of sp³-hybridized carbons (Fsp3) is 0.357. The summed E-state index contributed by atoms with van der Waals surface area (Å²) in [5, 5.41) is 13.1. The van der Waals surface area contributed by atoms with E-state index in [9.17, 15) is 4.79 Å². The molecule has 0 saturated heterocycles. The van der Waals surface area contributed by atoms with E-state index in [0.717, 1.165) is 30.2 Å². The predicted octanol–water partition coefficient (Wildman–Crippen LogP) is 3.24. The molecule has 0 aliphatic heterocycles. The van der Waals surface area contributed by atoms with Crippen molar-refractivity contribution in [3.8, 4) is 0 Å². The first kappa shape index (κ1) is 15.4. The van der Waals surface area contributed by atoms with Crippen LogP contribution >= 0.6 is 11.5 Å². The minimum absolute atomic E-state index is 0.300. The second kappa shape index (κ2) is 7.70. The molecule has 0 bridgehead atoms. The Bertz CT molecular complexity index is 555. The molecule has 0 spiro atoms. The van der Waals surface area contributed by atoms with E-state index in [-0.39, 0.29) is 6.03 Å². The van der Waals surface area contributed by atoms with Crippen LogP contribution in [0.25, 0.3) is 0 Å². The van der Waals surface area contributed by atoms with Gasteiger partial charge in [-0.3, -0.25) is 5.32 Å². The summed E-state index contributed by atoms with van der Waals surface area (Å²) in [6.07, 6.45) is 2.62. The van der Waals surface area contributed by atoms with Gasteiger partial charge in [-0.15, -0.1) is 5.10 Å². The molecule has 1 atom stereocenters. The molecule has 7 heteroatoms. The van der Waals surface area contributed by atoms with Crippen molar-refractivity contribution in [2.45, 2.75) is 26.3 Å². The summed E-state index contributed by atoms with van der Waals surface area (Å²) in [4.78, 5) is 11.8. The quantitative estimate of drug-likeness (QED) is 0.765. The van der Waals surface area contributed by atoms with E-state index in [1.165, 1.54) is 11.8 Å². The molecule has 6 nitrogen and oxygen atoms in total. The summed E-state index contributed by atoms with van der Waals surface area (Å²) in [6, 6.07) is 7.81. The van der Waals surface area contributed by atoms with Crippen molar-refractivity contribution >= 4 is 28.3 Å². The fourth-order valence-corrected chi connectivity index (χ4v) is 2.25. The van der Waals surface area contributed by atoms with Crippen molar-refractivity contribution in [2.24, 2.45) is 0 Å². The maximum Gasteiger partial charge on any atom is 0.324 e. The zero-order valence-corrected chi connectivity index (χ0v) is 12.9. The molecule has 1 unspecified atom stereocenters. The predicted molar refractivity (Wildman–Crippen MR) is 85.7 cm³/mol. The molecule has 2 amide bonds. The number of carbonyl (C=O) groups is 1. The van der Waals surface area contributed by atoms with Crippen LogP contribution < -0.4 is 16.0 Å². The molecule has 112 valence electrons. The Hall–Kier alpha value is -1.99. The third-order valence-electron chi connectivity index (χ3n) is 2.97. The van der Waals surface area contributed by atoms with Crippen molar-refractivity contribution in [1.29, 1.82) is 0 Å². The summed E-state index contributed by atoms with van der Waals surface area (Å²) in [5.41, 5.74) is 1.94. The maximum absolute atomic E-state index is 11.8. The Morgan fingerprint density at radius 3 is 2.67 bits per heavy atom. The molecular formula is C14H19N5OS. The van der Waals surface area contributed by atoms with Crippen LogP contribution in [0.1, 0.15) is 31.9 Å². The van der Waals surface area contributed by atoms with Crippen molar-refractivity contribution < 1.29 is 4.79 Å². The zero-order chi connectivity index (χ0) is 15.1. The molecule has 0 aliphatic carbocycles. The van der Waals surface area contributed by atoms with Gasteiger partial charge in [0, 0.05) is 23.3 Å². The Labute approximate surface area is 128 Å². The van der Waals surface area contributed by atoms with Gasteiger partial charge in [0.15, 0.2) is 0 Å². The van der Waals surface area contributed by atoms with E-state index < -0.39 is 0 Å². The largest absolute Gasteiger partial charge is 0.324 e. The van der Waals surface area contributed by atoms with Gasteiger partial charge in [-0.25, -0.2) is 4.79 Å². The lowest BCUT2D eigenvalue weighted by Crippen LogP contribution is -2.20. The molecule has 0 fully saturated rings. The number of aromatic nitrogens is 2. The third kappa shape index (κ3) is 4.80. The minimum Gasteiger partial charge on any atom is -0.310 e. The van der Waals surface area contributed by atoms with Crippen LogP contribution in [0.2, 0.25) is 0 Å². The summed E-state index contributed by atoms with van der Waals surface area (Å²) in [5.74, 6) is 0. The van der Waals surface area contributed by atoms with Crippen molar-refractivity contribution in [3.63, 3.8) is 0 Å². The third-order valence-corrected chi connectivity index (χ3v) is 3.55. The van der Waals surface area contributed by atoms with Crippen LogP contribution in [-0.4, -0.2) is 22.2 Å². The highest BCUT2D eigenvalue weighted by Crippen LogP contribution is 2.16. The average Bonchev–Trinajstić information content (AvgIpc) is 2.98. The summed E-state index contributed by atoms with van der Waals surface area (Å²) >= 11 is 1.13. The lowest BCUT2D eigenvalue weighted by Gasteiger charge is -2.14. The summed E-state index contributed by atoms with van der Waals surface area (Å²) in [6.45, 7) is 5.26. The number of rotatable bonds is 6. The van der Waals surface area contributed by atoms with Crippen molar-refractivity contribution in [1.82, 2.24) is 14.9 Å². The Morgan fingerprint density at radius 1 is 1.29 bits per heavy atom. The highest BCUT2D eigenvalue weighted by atomic mass is 32.1. The Kier molecular flexibility index (Phi) is 5.65. The molecule has 21 heavy (non-hydrogen) atoms. The number of anilines is 2. The highest BCUT2D eigenvalue weighted by molar-refractivity contribution is 7.10. The van der Waals surface area contributed by atoms with E-state index in [0.29, 0.717) is 11.0 Å². The fourth-order valence-electron chi connectivity index (χ4n) is 1.83.